The number of aliphatic carboxylic acids is 1. The Morgan fingerprint density at radius 2 is 2.00 bits per heavy atom. The van der Waals surface area contributed by atoms with Gasteiger partial charge in [0.05, 0.1) is 18.3 Å². The van der Waals surface area contributed by atoms with Crippen LogP contribution in [-0.4, -0.2) is 22.0 Å². The van der Waals surface area contributed by atoms with Gasteiger partial charge in [0.15, 0.2) is 0 Å². The molecule has 1 aromatic rings. The van der Waals surface area contributed by atoms with E-state index in [1.807, 2.05) is 0 Å². The largest absolute Gasteiger partial charge is 0.481 e. The van der Waals surface area contributed by atoms with Crippen molar-refractivity contribution in [2.45, 2.75) is 38.5 Å². The van der Waals surface area contributed by atoms with Gasteiger partial charge in [-0.25, -0.2) is 4.98 Å². The van der Waals surface area contributed by atoms with Crippen molar-refractivity contribution in [3.8, 4) is 0 Å². The Morgan fingerprint density at radius 1 is 1.30 bits per heavy atom. The maximum absolute atomic E-state index is 12.7. The number of nitrogens with zero attached hydrogens (tertiary/aromatic N) is 1. The first-order chi connectivity index (χ1) is 9.49. The Bertz CT molecular complexity index is 496. The van der Waals surface area contributed by atoms with Crippen molar-refractivity contribution < 1.29 is 19.1 Å². The maximum Gasteiger partial charge on any atom is 0.303 e. The Hall–Kier alpha value is -1.98. The zero-order valence-electron chi connectivity index (χ0n) is 11.1. The zero-order valence-corrected chi connectivity index (χ0v) is 11.1. The predicted octanol–water partition coefficient (Wildman–Crippen LogP) is 2.58. The molecule has 2 N–H and O–H groups in total. The number of carboxylic acids is 1. The van der Waals surface area contributed by atoms with Crippen molar-refractivity contribution in [2.75, 3.05) is 5.32 Å². The molecule has 20 heavy (non-hydrogen) atoms. The molecule has 0 atom stereocenters. The first kappa shape index (κ1) is 14.4. The van der Waals surface area contributed by atoms with Crippen LogP contribution in [0.1, 0.15) is 38.5 Å². The fraction of sp³-hybridized carbons (Fsp3) is 0.500. The number of carboxylic acid groups (broad SMARTS) is 1. The van der Waals surface area contributed by atoms with Crippen LogP contribution in [0, 0.1) is 11.4 Å². The molecular formula is C14H17FN2O3. The van der Waals surface area contributed by atoms with Crippen molar-refractivity contribution >= 4 is 17.6 Å². The number of hydrogen-bond acceptors (Lipinski definition) is 3. The third-order valence-corrected chi connectivity index (χ3v) is 3.74. The zero-order chi connectivity index (χ0) is 14.6. The van der Waals surface area contributed by atoms with Crippen LogP contribution in [-0.2, 0) is 9.59 Å². The normalized spacial score (nSPS) is 16.9. The number of halogens is 1. The first-order valence-electron chi connectivity index (χ1n) is 6.62. The van der Waals surface area contributed by atoms with Crippen molar-refractivity contribution in [1.82, 2.24) is 4.98 Å². The number of carbonyl (C=O) groups excluding carboxylic acids is 1. The molecule has 108 valence electrons. The predicted molar refractivity (Wildman–Crippen MR) is 70.6 cm³/mol. The fourth-order valence-electron chi connectivity index (χ4n) is 2.86. The third-order valence-electron chi connectivity index (χ3n) is 3.74. The second-order valence-corrected chi connectivity index (χ2v) is 5.37. The first-order valence-corrected chi connectivity index (χ1v) is 6.62. The molecule has 0 aromatic carbocycles. The van der Waals surface area contributed by atoms with Crippen LogP contribution in [0.25, 0.3) is 0 Å². The maximum atomic E-state index is 12.7. The van der Waals surface area contributed by atoms with Gasteiger partial charge in [-0.3, -0.25) is 9.59 Å². The molecule has 0 spiro atoms. The summed E-state index contributed by atoms with van der Waals surface area (Å²) in [5, 5.41) is 11.6. The molecule has 0 saturated heterocycles. The van der Waals surface area contributed by atoms with Gasteiger partial charge < -0.3 is 10.4 Å². The van der Waals surface area contributed by atoms with E-state index >= 15 is 0 Å². The molecule has 5 nitrogen and oxygen atoms in total. The lowest BCUT2D eigenvalue weighted by molar-refractivity contribution is -0.140. The van der Waals surface area contributed by atoms with Gasteiger partial charge >= 0.3 is 5.97 Å². The van der Waals surface area contributed by atoms with Crippen LogP contribution < -0.4 is 5.32 Å². The fourth-order valence-corrected chi connectivity index (χ4v) is 2.86. The smallest absolute Gasteiger partial charge is 0.303 e. The Balaban J connectivity index is 1.98. The molecule has 0 bridgehead atoms. The minimum Gasteiger partial charge on any atom is -0.481 e. The Kier molecular flexibility index (Phi) is 4.32. The molecule has 1 amide bonds. The monoisotopic (exact) mass is 280 g/mol. The van der Waals surface area contributed by atoms with E-state index in [9.17, 15) is 14.0 Å². The molecule has 6 heteroatoms. The number of hydrogen-bond donors (Lipinski definition) is 2. The van der Waals surface area contributed by atoms with Gasteiger partial charge in [-0.2, -0.15) is 4.39 Å². The minimum atomic E-state index is -0.872. The lowest BCUT2D eigenvalue weighted by Crippen LogP contribution is -2.27. The van der Waals surface area contributed by atoms with E-state index in [1.54, 1.807) is 0 Å². The van der Waals surface area contributed by atoms with Crippen LogP contribution in [0.2, 0.25) is 0 Å². The van der Waals surface area contributed by atoms with Crippen LogP contribution in [0.4, 0.5) is 10.1 Å². The third kappa shape index (κ3) is 3.76. The summed E-state index contributed by atoms with van der Waals surface area (Å²) >= 11 is 0. The number of amides is 1. The van der Waals surface area contributed by atoms with Crippen molar-refractivity contribution in [3.63, 3.8) is 0 Å². The van der Waals surface area contributed by atoms with Crippen LogP contribution in [0.15, 0.2) is 18.3 Å². The summed E-state index contributed by atoms with van der Waals surface area (Å²) in [5.74, 6) is -1.73. The molecule has 1 heterocycles. The highest BCUT2D eigenvalue weighted by molar-refractivity contribution is 5.91. The molecule has 1 aliphatic rings. The van der Waals surface area contributed by atoms with Gasteiger partial charge in [-0.05, 0) is 30.4 Å². The van der Waals surface area contributed by atoms with E-state index in [-0.39, 0.29) is 18.7 Å². The second kappa shape index (κ2) is 5.98. The number of rotatable bonds is 5. The summed E-state index contributed by atoms with van der Waals surface area (Å²) in [7, 11) is 0. The Labute approximate surface area is 116 Å². The summed E-state index contributed by atoms with van der Waals surface area (Å²) in [4.78, 5) is 26.4. The van der Waals surface area contributed by atoms with Crippen LogP contribution in [0.5, 0.6) is 0 Å². The molecular weight excluding hydrogens is 263 g/mol. The highest BCUT2D eigenvalue weighted by Crippen LogP contribution is 2.44. The van der Waals surface area contributed by atoms with Gasteiger partial charge in [0.2, 0.25) is 11.9 Å². The lowest BCUT2D eigenvalue weighted by atomic mass is 9.79. The number of aromatic nitrogens is 1. The minimum absolute atomic E-state index is 0.0160. The highest BCUT2D eigenvalue weighted by Gasteiger charge is 2.37. The summed E-state index contributed by atoms with van der Waals surface area (Å²) in [6, 6.07) is 2.59. The van der Waals surface area contributed by atoms with E-state index in [0.29, 0.717) is 5.69 Å². The molecule has 1 aliphatic carbocycles. The lowest BCUT2D eigenvalue weighted by Gasteiger charge is -2.26. The summed E-state index contributed by atoms with van der Waals surface area (Å²) in [6.45, 7) is 0. The SMILES string of the molecule is O=C(O)CC1(CC(=O)Nc2ccc(F)nc2)CCCC1. The van der Waals surface area contributed by atoms with Crippen LogP contribution in [0.3, 0.4) is 0 Å². The van der Waals surface area contributed by atoms with E-state index in [1.165, 1.54) is 12.3 Å². The van der Waals surface area contributed by atoms with Gasteiger partial charge in [0.25, 0.3) is 0 Å². The van der Waals surface area contributed by atoms with Crippen molar-refractivity contribution in [2.24, 2.45) is 5.41 Å². The molecule has 1 aromatic heterocycles. The van der Waals surface area contributed by atoms with Gasteiger partial charge in [0.1, 0.15) is 0 Å². The van der Waals surface area contributed by atoms with Gasteiger partial charge in [-0.1, -0.05) is 12.8 Å². The molecule has 1 saturated carbocycles. The standard InChI is InChI=1S/C14H17FN2O3/c15-11-4-3-10(9-16-11)17-12(18)7-14(8-13(19)20)5-1-2-6-14/h3-4,9H,1-2,5-8H2,(H,17,18)(H,19,20). The topological polar surface area (TPSA) is 79.3 Å². The number of nitrogens with one attached hydrogen (secondary N) is 1. The number of pyridine rings is 1. The van der Waals surface area contributed by atoms with Crippen molar-refractivity contribution in [1.29, 1.82) is 0 Å². The number of carbonyl (C=O) groups is 2. The average molecular weight is 280 g/mol. The van der Waals surface area contributed by atoms with Crippen molar-refractivity contribution in [3.05, 3.63) is 24.3 Å². The quantitative estimate of drug-likeness (QED) is 0.812. The molecule has 0 aliphatic heterocycles. The highest BCUT2D eigenvalue weighted by atomic mass is 19.1. The summed E-state index contributed by atoms with van der Waals surface area (Å²) < 4.78 is 12.7. The van der Waals surface area contributed by atoms with E-state index in [0.717, 1.165) is 31.7 Å². The molecule has 2 rings (SSSR count). The Morgan fingerprint density at radius 3 is 2.55 bits per heavy atom. The molecule has 0 radical (unpaired) electrons. The van der Waals surface area contributed by atoms with Gasteiger partial charge in [-0.15, -0.1) is 0 Å². The molecule has 0 unspecified atom stereocenters. The summed E-state index contributed by atoms with van der Waals surface area (Å²) in [6.07, 6.45) is 4.87. The van der Waals surface area contributed by atoms with E-state index in [2.05, 4.69) is 10.3 Å². The summed E-state index contributed by atoms with van der Waals surface area (Å²) in [5.41, 5.74) is -0.0245. The van der Waals surface area contributed by atoms with E-state index in [4.69, 9.17) is 5.11 Å². The van der Waals surface area contributed by atoms with E-state index < -0.39 is 17.3 Å². The molecule has 1 fully saturated rings. The average Bonchev–Trinajstić information content (AvgIpc) is 2.79. The van der Waals surface area contributed by atoms with Crippen LogP contribution >= 0.6 is 0 Å². The second-order valence-electron chi connectivity index (χ2n) is 5.37. The number of anilines is 1. The van der Waals surface area contributed by atoms with Gasteiger partial charge in [0, 0.05) is 6.42 Å².